The van der Waals surface area contributed by atoms with Gasteiger partial charge in [0.1, 0.15) is 0 Å². The molecule has 68 valence electrons. The second kappa shape index (κ2) is 2.74. The molecule has 0 saturated carbocycles. The predicted octanol–water partition coefficient (Wildman–Crippen LogP) is 0.590. The van der Waals surface area contributed by atoms with Crippen molar-refractivity contribution in [1.82, 2.24) is 4.57 Å². The summed E-state index contributed by atoms with van der Waals surface area (Å²) in [6.45, 7) is 0.320. The molecule has 0 aliphatic carbocycles. The van der Waals surface area contributed by atoms with Crippen LogP contribution in [0.3, 0.4) is 0 Å². The number of aryl methyl sites for hydroxylation is 1. The third-order valence-electron chi connectivity index (χ3n) is 2.15. The maximum atomic E-state index is 11.4. The van der Waals surface area contributed by atoms with E-state index < -0.39 is 0 Å². The van der Waals surface area contributed by atoms with Crippen LogP contribution in [-0.2, 0) is 13.6 Å². The molecule has 0 amide bonds. The Morgan fingerprint density at radius 3 is 3.08 bits per heavy atom. The van der Waals surface area contributed by atoms with Gasteiger partial charge in [-0.1, -0.05) is 0 Å². The molecular formula is C9H10N2O2. The van der Waals surface area contributed by atoms with Gasteiger partial charge in [0, 0.05) is 31.3 Å². The summed E-state index contributed by atoms with van der Waals surface area (Å²) in [6.07, 6.45) is 1.56. The largest absolute Gasteiger partial charge is 0.462 e. The molecule has 0 aromatic carbocycles. The Hall–Kier alpha value is -1.55. The molecule has 2 rings (SSSR count). The van der Waals surface area contributed by atoms with E-state index in [1.807, 2.05) is 0 Å². The van der Waals surface area contributed by atoms with Gasteiger partial charge < -0.3 is 14.7 Å². The van der Waals surface area contributed by atoms with Crippen LogP contribution in [0.1, 0.15) is 5.56 Å². The van der Waals surface area contributed by atoms with Crippen molar-refractivity contribution in [2.24, 2.45) is 12.8 Å². The molecule has 0 spiro atoms. The number of fused-ring (bicyclic) bond motifs is 1. The van der Waals surface area contributed by atoms with Gasteiger partial charge in [0.05, 0.1) is 11.8 Å². The van der Waals surface area contributed by atoms with E-state index in [9.17, 15) is 4.79 Å². The average molecular weight is 178 g/mol. The summed E-state index contributed by atoms with van der Waals surface area (Å²) in [5.41, 5.74) is 7.66. The lowest BCUT2D eigenvalue weighted by atomic mass is 10.2. The predicted molar refractivity (Wildman–Crippen MR) is 49.3 cm³/mol. The lowest BCUT2D eigenvalue weighted by Crippen LogP contribution is -2.17. The van der Waals surface area contributed by atoms with Gasteiger partial charge in [-0.05, 0) is 0 Å². The van der Waals surface area contributed by atoms with Gasteiger partial charge in [-0.15, -0.1) is 0 Å². The minimum absolute atomic E-state index is 0.0608. The Balaban J connectivity index is 2.95. The summed E-state index contributed by atoms with van der Waals surface area (Å²) in [5, 5.41) is 0. The van der Waals surface area contributed by atoms with Crippen LogP contribution in [0.15, 0.2) is 27.6 Å². The van der Waals surface area contributed by atoms with E-state index in [-0.39, 0.29) is 5.56 Å². The van der Waals surface area contributed by atoms with E-state index in [1.165, 1.54) is 10.6 Å². The number of pyridine rings is 1. The number of nitrogens with zero attached hydrogens (tertiary/aromatic N) is 1. The van der Waals surface area contributed by atoms with Gasteiger partial charge >= 0.3 is 0 Å². The lowest BCUT2D eigenvalue weighted by molar-refractivity contribution is 0.609. The zero-order valence-electron chi connectivity index (χ0n) is 7.28. The molecule has 0 fully saturated rings. The highest BCUT2D eigenvalue weighted by Gasteiger charge is 2.07. The Labute approximate surface area is 74.6 Å². The van der Waals surface area contributed by atoms with Crippen molar-refractivity contribution >= 4 is 11.1 Å². The van der Waals surface area contributed by atoms with Gasteiger partial charge in [-0.2, -0.15) is 0 Å². The highest BCUT2D eigenvalue weighted by Crippen LogP contribution is 2.16. The second-order valence-electron chi connectivity index (χ2n) is 2.91. The second-order valence-corrected chi connectivity index (χ2v) is 2.91. The molecule has 2 aromatic heterocycles. The summed E-state index contributed by atoms with van der Waals surface area (Å²) in [7, 11) is 1.71. The van der Waals surface area contributed by atoms with E-state index in [2.05, 4.69) is 0 Å². The molecule has 2 aromatic rings. The van der Waals surface area contributed by atoms with Gasteiger partial charge in [-0.25, -0.2) is 0 Å². The number of nitrogens with two attached hydrogens (primary N) is 1. The quantitative estimate of drug-likeness (QED) is 0.695. The highest BCUT2D eigenvalue weighted by atomic mass is 16.3. The Kier molecular flexibility index (Phi) is 1.70. The monoisotopic (exact) mass is 178 g/mol. The number of hydrogen-bond donors (Lipinski definition) is 1. The maximum absolute atomic E-state index is 11.4. The lowest BCUT2D eigenvalue weighted by Gasteiger charge is -2.01. The first-order valence-corrected chi connectivity index (χ1v) is 4.00. The first-order valence-electron chi connectivity index (χ1n) is 4.00. The fourth-order valence-corrected chi connectivity index (χ4v) is 1.39. The Morgan fingerprint density at radius 2 is 2.38 bits per heavy atom. The molecule has 0 saturated heterocycles. The molecule has 0 atom stereocenters. The molecule has 0 unspecified atom stereocenters. The van der Waals surface area contributed by atoms with E-state index in [1.54, 1.807) is 19.4 Å². The zero-order valence-corrected chi connectivity index (χ0v) is 7.28. The molecule has 2 N–H and O–H groups in total. The molecule has 2 heterocycles. The highest BCUT2D eigenvalue weighted by molar-refractivity contribution is 5.76. The molecule has 0 radical (unpaired) electrons. The van der Waals surface area contributed by atoms with Gasteiger partial charge in [-0.3, -0.25) is 4.79 Å². The number of rotatable bonds is 1. The fraction of sp³-hybridized carbons (Fsp3) is 0.222. The molecule has 4 heteroatoms. The molecule has 0 aliphatic rings. The van der Waals surface area contributed by atoms with Crippen molar-refractivity contribution in [1.29, 1.82) is 0 Å². The van der Waals surface area contributed by atoms with Crippen molar-refractivity contribution in [3.63, 3.8) is 0 Å². The van der Waals surface area contributed by atoms with Crippen LogP contribution in [0.25, 0.3) is 11.1 Å². The van der Waals surface area contributed by atoms with Crippen LogP contribution < -0.4 is 11.3 Å². The minimum atomic E-state index is -0.0608. The third kappa shape index (κ3) is 1.07. The zero-order chi connectivity index (χ0) is 9.42. The van der Waals surface area contributed by atoms with Crippen molar-refractivity contribution in [2.45, 2.75) is 6.54 Å². The first-order chi connectivity index (χ1) is 6.24. The standard InChI is InChI=1S/C9H10N2O2/c1-11-7-2-3-13-9(7)6(5-10)4-8(11)12/h2-4H,5,10H2,1H3. The Morgan fingerprint density at radius 1 is 1.62 bits per heavy atom. The van der Waals surface area contributed by atoms with Gasteiger partial charge in [0.25, 0.3) is 5.56 Å². The van der Waals surface area contributed by atoms with E-state index in [0.29, 0.717) is 12.1 Å². The number of hydrogen-bond acceptors (Lipinski definition) is 3. The van der Waals surface area contributed by atoms with E-state index in [4.69, 9.17) is 10.2 Å². The van der Waals surface area contributed by atoms with Gasteiger partial charge in [0.2, 0.25) is 0 Å². The van der Waals surface area contributed by atoms with Crippen molar-refractivity contribution in [2.75, 3.05) is 0 Å². The summed E-state index contributed by atoms with van der Waals surface area (Å²) in [4.78, 5) is 11.4. The molecule has 0 aliphatic heterocycles. The summed E-state index contributed by atoms with van der Waals surface area (Å²) in [6, 6.07) is 3.27. The smallest absolute Gasteiger partial charge is 0.251 e. The minimum Gasteiger partial charge on any atom is -0.462 e. The van der Waals surface area contributed by atoms with Crippen LogP contribution in [0, 0.1) is 0 Å². The first kappa shape index (κ1) is 8.07. The number of furan rings is 1. The normalized spacial score (nSPS) is 10.9. The summed E-state index contributed by atoms with van der Waals surface area (Å²) in [5.74, 6) is 0. The molecule has 13 heavy (non-hydrogen) atoms. The summed E-state index contributed by atoms with van der Waals surface area (Å²) < 4.78 is 6.78. The van der Waals surface area contributed by atoms with Crippen molar-refractivity contribution in [3.05, 3.63) is 34.3 Å². The van der Waals surface area contributed by atoms with Crippen molar-refractivity contribution in [3.8, 4) is 0 Å². The van der Waals surface area contributed by atoms with Crippen LogP contribution in [0.5, 0.6) is 0 Å². The van der Waals surface area contributed by atoms with Crippen LogP contribution in [0.4, 0.5) is 0 Å². The topological polar surface area (TPSA) is 61.2 Å². The Bertz CT molecular complexity index is 496. The molecule has 0 bridgehead atoms. The van der Waals surface area contributed by atoms with Crippen LogP contribution in [0.2, 0.25) is 0 Å². The number of aromatic nitrogens is 1. The van der Waals surface area contributed by atoms with E-state index >= 15 is 0 Å². The third-order valence-corrected chi connectivity index (χ3v) is 2.15. The van der Waals surface area contributed by atoms with Crippen molar-refractivity contribution < 1.29 is 4.42 Å². The average Bonchev–Trinajstić information content (AvgIpc) is 2.60. The molecular weight excluding hydrogens is 168 g/mol. The summed E-state index contributed by atoms with van der Waals surface area (Å²) >= 11 is 0. The van der Waals surface area contributed by atoms with Gasteiger partial charge in [0.15, 0.2) is 5.58 Å². The molecule has 4 nitrogen and oxygen atoms in total. The maximum Gasteiger partial charge on any atom is 0.251 e. The van der Waals surface area contributed by atoms with Crippen LogP contribution >= 0.6 is 0 Å². The SMILES string of the molecule is Cn1c(=O)cc(CN)c2occc21. The van der Waals surface area contributed by atoms with E-state index in [0.717, 1.165) is 11.1 Å². The van der Waals surface area contributed by atoms with Crippen LogP contribution in [-0.4, -0.2) is 4.57 Å². The fourth-order valence-electron chi connectivity index (χ4n) is 1.39.